The molecule has 0 aliphatic carbocycles. The van der Waals surface area contributed by atoms with Gasteiger partial charge in [-0.3, -0.25) is 4.79 Å². The molecule has 1 aromatic carbocycles. The maximum Gasteiger partial charge on any atom is 0.149 e. The lowest BCUT2D eigenvalue weighted by Crippen LogP contribution is -2.11. The third-order valence-electron chi connectivity index (χ3n) is 2.33. The summed E-state index contributed by atoms with van der Waals surface area (Å²) >= 11 is 0. The summed E-state index contributed by atoms with van der Waals surface area (Å²) in [4.78, 5) is 10.8. The van der Waals surface area contributed by atoms with Gasteiger partial charge < -0.3 is 5.32 Å². The highest BCUT2D eigenvalue weighted by molar-refractivity contribution is 5.80. The average Bonchev–Trinajstić information content (AvgIpc) is 2.38. The summed E-state index contributed by atoms with van der Waals surface area (Å²) in [5.74, 6) is 0.163. The molecule has 5 heteroatoms. The molecule has 0 amide bonds. The monoisotopic (exact) mass is 245 g/mol. The summed E-state index contributed by atoms with van der Waals surface area (Å²) in [5.41, 5.74) is 0.865. The van der Waals surface area contributed by atoms with Gasteiger partial charge in [-0.2, -0.15) is 0 Å². The standard InChI is InChI=1S/C13H12FN3O/c1-9(18)8-15-13-7-6-12(16-17-13)10-4-2-3-5-11(10)14/h2-7H,8H2,1H3,(H,15,17). The van der Waals surface area contributed by atoms with Crippen molar-refractivity contribution < 1.29 is 9.18 Å². The lowest BCUT2D eigenvalue weighted by molar-refractivity contribution is -0.115. The number of ketones is 1. The number of nitrogens with one attached hydrogen (secondary N) is 1. The quantitative estimate of drug-likeness (QED) is 0.897. The Morgan fingerprint density at radius 1 is 1.22 bits per heavy atom. The maximum absolute atomic E-state index is 13.5. The number of benzene rings is 1. The number of Topliss-reactive ketones (excluding diaryl/α,β-unsaturated/α-hetero) is 1. The summed E-state index contributed by atoms with van der Waals surface area (Å²) in [5, 5.41) is 10.6. The van der Waals surface area contributed by atoms with Gasteiger partial charge in [0.15, 0.2) is 0 Å². The fraction of sp³-hybridized carbons (Fsp3) is 0.154. The van der Waals surface area contributed by atoms with Crippen molar-refractivity contribution in [1.29, 1.82) is 0 Å². The molecule has 2 rings (SSSR count). The van der Waals surface area contributed by atoms with Crippen LogP contribution >= 0.6 is 0 Å². The fourth-order valence-electron chi connectivity index (χ4n) is 1.45. The van der Waals surface area contributed by atoms with E-state index in [2.05, 4.69) is 15.5 Å². The van der Waals surface area contributed by atoms with Gasteiger partial charge >= 0.3 is 0 Å². The molecule has 0 unspecified atom stereocenters. The number of carbonyl (C=O) groups is 1. The molecule has 0 radical (unpaired) electrons. The smallest absolute Gasteiger partial charge is 0.149 e. The minimum atomic E-state index is -0.337. The predicted molar refractivity (Wildman–Crippen MR) is 66.6 cm³/mol. The van der Waals surface area contributed by atoms with Crippen LogP contribution in [0.1, 0.15) is 6.92 Å². The van der Waals surface area contributed by atoms with Crippen molar-refractivity contribution in [2.45, 2.75) is 6.92 Å². The van der Waals surface area contributed by atoms with Gasteiger partial charge in [0.25, 0.3) is 0 Å². The van der Waals surface area contributed by atoms with Gasteiger partial charge in [-0.25, -0.2) is 4.39 Å². The third kappa shape index (κ3) is 2.88. The van der Waals surface area contributed by atoms with Crippen LogP contribution in [0.4, 0.5) is 10.2 Å². The van der Waals surface area contributed by atoms with Gasteiger partial charge in [-0.05, 0) is 31.2 Å². The second-order valence-corrected chi connectivity index (χ2v) is 3.84. The molecule has 0 aliphatic rings. The highest BCUT2D eigenvalue weighted by atomic mass is 19.1. The van der Waals surface area contributed by atoms with Crippen LogP contribution in [-0.2, 0) is 4.79 Å². The van der Waals surface area contributed by atoms with E-state index in [1.807, 2.05) is 0 Å². The van der Waals surface area contributed by atoms with E-state index < -0.39 is 0 Å². The number of hydrogen-bond acceptors (Lipinski definition) is 4. The molecule has 92 valence electrons. The average molecular weight is 245 g/mol. The molecule has 1 N–H and O–H groups in total. The Morgan fingerprint density at radius 2 is 2.00 bits per heavy atom. The summed E-state index contributed by atoms with van der Waals surface area (Å²) < 4.78 is 13.5. The van der Waals surface area contributed by atoms with E-state index in [0.717, 1.165) is 0 Å². The summed E-state index contributed by atoms with van der Waals surface area (Å²) in [7, 11) is 0. The van der Waals surface area contributed by atoms with Crippen LogP contribution in [0.5, 0.6) is 0 Å². The Labute approximate surface area is 104 Å². The van der Waals surface area contributed by atoms with Crippen LogP contribution in [0.3, 0.4) is 0 Å². The first kappa shape index (κ1) is 12.2. The van der Waals surface area contributed by atoms with Crippen molar-refractivity contribution in [3.8, 4) is 11.3 Å². The Balaban J connectivity index is 2.17. The Hall–Kier alpha value is -2.30. The van der Waals surface area contributed by atoms with E-state index >= 15 is 0 Å². The predicted octanol–water partition coefficient (Wildman–Crippen LogP) is 2.28. The van der Waals surface area contributed by atoms with Crippen LogP contribution in [0.25, 0.3) is 11.3 Å². The van der Waals surface area contributed by atoms with Crippen molar-refractivity contribution >= 4 is 11.6 Å². The maximum atomic E-state index is 13.5. The summed E-state index contributed by atoms with van der Waals surface area (Å²) in [6.45, 7) is 1.68. The van der Waals surface area contributed by atoms with Crippen molar-refractivity contribution in [3.63, 3.8) is 0 Å². The number of anilines is 1. The molecule has 0 spiro atoms. The summed E-state index contributed by atoms with van der Waals surface area (Å²) in [6.07, 6.45) is 0. The van der Waals surface area contributed by atoms with Crippen LogP contribution in [0.15, 0.2) is 36.4 Å². The second kappa shape index (κ2) is 5.35. The molecular weight excluding hydrogens is 233 g/mol. The molecule has 0 saturated carbocycles. The van der Waals surface area contributed by atoms with E-state index in [4.69, 9.17) is 0 Å². The number of hydrogen-bond donors (Lipinski definition) is 1. The zero-order valence-electron chi connectivity index (χ0n) is 9.85. The number of aromatic nitrogens is 2. The van der Waals surface area contributed by atoms with E-state index in [-0.39, 0.29) is 18.1 Å². The Bertz CT molecular complexity index is 554. The third-order valence-corrected chi connectivity index (χ3v) is 2.33. The van der Waals surface area contributed by atoms with Gasteiger partial charge in [0.1, 0.15) is 17.4 Å². The van der Waals surface area contributed by atoms with E-state index in [1.54, 1.807) is 30.3 Å². The zero-order valence-corrected chi connectivity index (χ0v) is 9.85. The fourth-order valence-corrected chi connectivity index (χ4v) is 1.45. The van der Waals surface area contributed by atoms with E-state index in [0.29, 0.717) is 17.1 Å². The normalized spacial score (nSPS) is 10.1. The van der Waals surface area contributed by atoms with Crippen molar-refractivity contribution in [2.24, 2.45) is 0 Å². The lowest BCUT2D eigenvalue weighted by Gasteiger charge is -2.04. The van der Waals surface area contributed by atoms with Crippen LogP contribution in [0.2, 0.25) is 0 Å². The Morgan fingerprint density at radius 3 is 2.61 bits per heavy atom. The molecule has 2 aromatic rings. The second-order valence-electron chi connectivity index (χ2n) is 3.84. The number of halogens is 1. The molecule has 1 heterocycles. The first-order valence-corrected chi connectivity index (χ1v) is 5.49. The zero-order chi connectivity index (χ0) is 13.0. The number of rotatable bonds is 4. The molecule has 4 nitrogen and oxygen atoms in total. The lowest BCUT2D eigenvalue weighted by atomic mass is 10.1. The van der Waals surface area contributed by atoms with Gasteiger partial charge in [-0.15, -0.1) is 10.2 Å². The van der Waals surface area contributed by atoms with E-state index in [9.17, 15) is 9.18 Å². The summed E-state index contributed by atoms with van der Waals surface area (Å²) in [6, 6.07) is 9.70. The van der Waals surface area contributed by atoms with Gasteiger partial charge in [0.2, 0.25) is 0 Å². The van der Waals surface area contributed by atoms with Gasteiger partial charge in [-0.1, -0.05) is 12.1 Å². The first-order valence-electron chi connectivity index (χ1n) is 5.49. The van der Waals surface area contributed by atoms with Crippen LogP contribution < -0.4 is 5.32 Å². The number of carbonyl (C=O) groups excluding carboxylic acids is 1. The highest BCUT2D eigenvalue weighted by Crippen LogP contribution is 2.20. The molecule has 0 fully saturated rings. The topological polar surface area (TPSA) is 54.9 Å². The molecule has 0 aliphatic heterocycles. The Kier molecular flexibility index (Phi) is 3.62. The molecule has 0 atom stereocenters. The van der Waals surface area contributed by atoms with Crippen LogP contribution in [0, 0.1) is 5.82 Å². The van der Waals surface area contributed by atoms with Gasteiger partial charge in [0.05, 0.1) is 12.2 Å². The van der Waals surface area contributed by atoms with Crippen molar-refractivity contribution in [1.82, 2.24) is 10.2 Å². The SMILES string of the molecule is CC(=O)CNc1ccc(-c2ccccc2F)nn1. The number of nitrogens with zero attached hydrogens (tertiary/aromatic N) is 2. The molecule has 0 saturated heterocycles. The molecular formula is C13H12FN3O. The molecule has 18 heavy (non-hydrogen) atoms. The van der Waals surface area contributed by atoms with Crippen molar-refractivity contribution in [3.05, 3.63) is 42.2 Å². The van der Waals surface area contributed by atoms with E-state index in [1.165, 1.54) is 13.0 Å². The molecule has 1 aromatic heterocycles. The minimum absolute atomic E-state index is 0.00924. The van der Waals surface area contributed by atoms with Crippen LogP contribution in [-0.4, -0.2) is 22.5 Å². The largest absolute Gasteiger partial charge is 0.362 e. The van der Waals surface area contributed by atoms with Gasteiger partial charge in [0, 0.05) is 5.56 Å². The van der Waals surface area contributed by atoms with Crippen molar-refractivity contribution in [2.75, 3.05) is 11.9 Å². The molecule has 0 bridgehead atoms. The minimum Gasteiger partial charge on any atom is -0.362 e. The first-order chi connectivity index (χ1) is 8.66. The highest BCUT2D eigenvalue weighted by Gasteiger charge is 2.06.